The van der Waals surface area contributed by atoms with Crippen LogP contribution in [0, 0.1) is 0 Å². The first-order valence-electron chi connectivity index (χ1n) is 4.52. The van der Waals surface area contributed by atoms with Gasteiger partial charge in [0.05, 0.1) is 0 Å². The van der Waals surface area contributed by atoms with Gasteiger partial charge in [0.25, 0.3) is 0 Å². The molecule has 4 heteroatoms. The fraction of sp³-hybridized carbons (Fsp3) is 0.364. The van der Waals surface area contributed by atoms with Gasteiger partial charge in [-0.2, -0.15) is 0 Å². The second-order valence-corrected chi connectivity index (χ2v) is 3.49. The maximum atomic E-state index is 11.4. The molecule has 0 heterocycles. The van der Waals surface area contributed by atoms with Gasteiger partial charge in [0.15, 0.2) is 5.78 Å². The molecule has 0 aromatic heterocycles. The van der Waals surface area contributed by atoms with Crippen molar-refractivity contribution in [2.75, 3.05) is 13.9 Å². The number of methoxy groups -OCH3 is 1. The molecule has 1 atom stereocenters. The number of benzene rings is 1. The Balaban J connectivity index is 2.89. The number of rotatable bonds is 5. The van der Waals surface area contributed by atoms with Crippen LogP contribution in [0.25, 0.3) is 0 Å². The van der Waals surface area contributed by atoms with Gasteiger partial charge in [0.1, 0.15) is 12.9 Å². The lowest BCUT2D eigenvalue weighted by Crippen LogP contribution is -2.14. The average Bonchev–Trinajstić information content (AvgIpc) is 2.20. The topological polar surface area (TPSA) is 35.5 Å². The van der Waals surface area contributed by atoms with E-state index in [0.717, 1.165) is 0 Å². The molecule has 0 N–H and O–H groups in total. The highest BCUT2D eigenvalue weighted by Gasteiger charge is 2.19. The number of halogens is 1. The predicted molar refractivity (Wildman–Crippen MR) is 57.8 cm³/mol. The van der Waals surface area contributed by atoms with Gasteiger partial charge in [-0.05, 0) is 13.0 Å². The molecule has 0 aliphatic carbocycles. The Morgan fingerprint density at radius 2 is 2.13 bits per heavy atom. The van der Waals surface area contributed by atoms with Crippen molar-refractivity contribution in [1.29, 1.82) is 0 Å². The molecule has 15 heavy (non-hydrogen) atoms. The summed E-state index contributed by atoms with van der Waals surface area (Å²) in [7, 11) is 1.50. The average molecular weight is 229 g/mol. The molecule has 1 aromatic rings. The maximum absolute atomic E-state index is 11.4. The first kappa shape index (κ1) is 12.2. The molecule has 0 aliphatic rings. The summed E-state index contributed by atoms with van der Waals surface area (Å²) in [5, 5.41) is 0.522. The molecule has 3 nitrogen and oxygen atoms in total. The molecule has 0 unspecified atom stereocenters. The second kappa shape index (κ2) is 5.85. The van der Waals surface area contributed by atoms with Crippen molar-refractivity contribution in [3.8, 4) is 0 Å². The van der Waals surface area contributed by atoms with Crippen LogP contribution in [0.3, 0.4) is 0 Å². The third-order valence-corrected chi connectivity index (χ3v) is 2.25. The molecular formula is C11H13ClO3. The number of carbonyl (C=O) groups is 1. The van der Waals surface area contributed by atoms with Crippen molar-refractivity contribution < 1.29 is 14.3 Å². The van der Waals surface area contributed by atoms with E-state index in [2.05, 4.69) is 0 Å². The summed E-state index contributed by atoms with van der Waals surface area (Å²) in [6, 6.07) is 7.11. The van der Waals surface area contributed by atoms with Crippen molar-refractivity contribution in [3.05, 3.63) is 34.9 Å². The summed E-state index contributed by atoms with van der Waals surface area (Å²) >= 11 is 5.97. The largest absolute Gasteiger partial charge is 0.359 e. The van der Waals surface area contributed by atoms with Gasteiger partial charge >= 0.3 is 0 Å². The Bertz CT molecular complexity index is 338. The lowest BCUT2D eigenvalue weighted by molar-refractivity contribution is -0.138. The van der Waals surface area contributed by atoms with Crippen LogP contribution in [0.2, 0.25) is 5.02 Å². The summed E-state index contributed by atoms with van der Waals surface area (Å²) in [5.41, 5.74) is 0.670. The second-order valence-electron chi connectivity index (χ2n) is 3.09. The molecule has 1 aromatic carbocycles. The van der Waals surface area contributed by atoms with Crippen molar-refractivity contribution in [2.45, 2.75) is 13.0 Å². The lowest BCUT2D eigenvalue weighted by Gasteiger charge is -2.15. The molecule has 0 fully saturated rings. The van der Waals surface area contributed by atoms with Gasteiger partial charge in [-0.3, -0.25) is 4.79 Å². The quantitative estimate of drug-likeness (QED) is 0.727. The number of hydrogen-bond acceptors (Lipinski definition) is 3. The molecule has 0 saturated carbocycles. The van der Waals surface area contributed by atoms with Crippen LogP contribution in [-0.2, 0) is 14.3 Å². The van der Waals surface area contributed by atoms with Gasteiger partial charge in [-0.15, -0.1) is 0 Å². The molecular weight excluding hydrogens is 216 g/mol. The van der Waals surface area contributed by atoms with E-state index in [1.807, 2.05) is 6.07 Å². The van der Waals surface area contributed by atoms with E-state index in [1.165, 1.54) is 14.0 Å². The Kier molecular flexibility index (Phi) is 4.75. The van der Waals surface area contributed by atoms with E-state index in [9.17, 15) is 4.79 Å². The van der Waals surface area contributed by atoms with Crippen molar-refractivity contribution in [1.82, 2.24) is 0 Å². The van der Waals surface area contributed by atoms with Crippen LogP contribution >= 0.6 is 11.6 Å². The molecule has 0 radical (unpaired) electrons. The van der Waals surface area contributed by atoms with Crippen LogP contribution in [0.15, 0.2) is 24.3 Å². The smallest absolute Gasteiger partial charge is 0.163 e. The number of hydrogen-bond donors (Lipinski definition) is 0. The highest BCUT2D eigenvalue weighted by Crippen LogP contribution is 2.25. The third-order valence-electron chi connectivity index (χ3n) is 1.91. The van der Waals surface area contributed by atoms with Gasteiger partial charge < -0.3 is 9.47 Å². The van der Waals surface area contributed by atoms with Crippen molar-refractivity contribution in [2.24, 2.45) is 0 Å². The Labute approximate surface area is 93.9 Å². The van der Waals surface area contributed by atoms with Crippen LogP contribution in [-0.4, -0.2) is 19.7 Å². The number of ketones is 1. The summed E-state index contributed by atoms with van der Waals surface area (Å²) in [5.74, 6) is -0.0971. The fourth-order valence-corrected chi connectivity index (χ4v) is 1.48. The SMILES string of the molecule is COCO[C@@H](C(C)=O)c1ccccc1Cl. The van der Waals surface area contributed by atoms with E-state index >= 15 is 0 Å². The van der Waals surface area contributed by atoms with E-state index in [0.29, 0.717) is 10.6 Å². The first-order chi connectivity index (χ1) is 7.16. The Morgan fingerprint density at radius 1 is 1.47 bits per heavy atom. The molecule has 0 saturated heterocycles. The predicted octanol–water partition coefficient (Wildman–Crippen LogP) is 2.59. The normalized spacial score (nSPS) is 12.5. The summed E-state index contributed by atoms with van der Waals surface area (Å²) in [6.07, 6.45) is -0.654. The van der Waals surface area contributed by atoms with E-state index in [1.54, 1.807) is 18.2 Å². The van der Waals surface area contributed by atoms with Crippen LogP contribution in [0.5, 0.6) is 0 Å². The minimum atomic E-state index is -0.654. The standard InChI is InChI=1S/C11H13ClO3/c1-8(13)11(15-7-14-2)9-5-3-4-6-10(9)12/h3-6,11H,7H2,1-2H3/t11-/m0/s1. The number of Topliss-reactive ketones (excluding diaryl/α,β-unsaturated/α-hetero) is 1. The highest BCUT2D eigenvalue weighted by atomic mass is 35.5. The zero-order valence-electron chi connectivity index (χ0n) is 8.70. The molecule has 1 rings (SSSR count). The van der Waals surface area contributed by atoms with Crippen LogP contribution in [0.4, 0.5) is 0 Å². The van der Waals surface area contributed by atoms with Gasteiger partial charge in [0.2, 0.25) is 0 Å². The van der Waals surface area contributed by atoms with Gasteiger partial charge in [-0.1, -0.05) is 29.8 Å². The third kappa shape index (κ3) is 3.30. The van der Waals surface area contributed by atoms with E-state index in [-0.39, 0.29) is 12.6 Å². The zero-order chi connectivity index (χ0) is 11.3. The molecule has 0 spiro atoms. The van der Waals surface area contributed by atoms with Crippen LogP contribution in [0.1, 0.15) is 18.6 Å². The minimum Gasteiger partial charge on any atom is -0.359 e. The lowest BCUT2D eigenvalue weighted by atomic mass is 10.1. The summed E-state index contributed by atoms with van der Waals surface area (Å²) in [6.45, 7) is 1.53. The molecule has 0 amide bonds. The van der Waals surface area contributed by atoms with Gasteiger partial charge in [-0.25, -0.2) is 0 Å². The highest BCUT2D eigenvalue weighted by molar-refractivity contribution is 6.31. The summed E-state index contributed by atoms with van der Waals surface area (Å²) < 4.78 is 10.0. The van der Waals surface area contributed by atoms with Gasteiger partial charge in [0, 0.05) is 17.7 Å². The molecule has 0 aliphatic heterocycles. The monoisotopic (exact) mass is 228 g/mol. The number of carbonyl (C=O) groups excluding carboxylic acids is 1. The Hall–Kier alpha value is -0.900. The van der Waals surface area contributed by atoms with E-state index < -0.39 is 6.10 Å². The van der Waals surface area contributed by atoms with Crippen molar-refractivity contribution in [3.63, 3.8) is 0 Å². The fourth-order valence-electron chi connectivity index (χ4n) is 1.25. The van der Waals surface area contributed by atoms with Crippen molar-refractivity contribution >= 4 is 17.4 Å². The van der Waals surface area contributed by atoms with E-state index in [4.69, 9.17) is 21.1 Å². The zero-order valence-corrected chi connectivity index (χ0v) is 9.45. The molecule has 82 valence electrons. The number of ether oxygens (including phenoxy) is 2. The summed E-state index contributed by atoms with van der Waals surface area (Å²) in [4.78, 5) is 11.4. The Morgan fingerprint density at radius 3 is 2.67 bits per heavy atom. The first-order valence-corrected chi connectivity index (χ1v) is 4.90. The maximum Gasteiger partial charge on any atom is 0.163 e. The molecule has 0 bridgehead atoms. The minimum absolute atomic E-state index is 0.0650. The van der Waals surface area contributed by atoms with Crippen LogP contribution < -0.4 is 0 Å².